The predicted molar refractivity (Wildman–Crippen MR) is 201 cm³/mol. The largest absolute Gasteiger partial charge is 0.494 e. The number of carbonyl (C=O) groups is 2. The van der Waals surface area contributed by atoms with Crippen LogP contribution in [0.15, 0.2) is 95.9 Å². The molecular formula is C38H43Cl2N3O7S. The van der Waals surface area contributed by atoms with Crippen molar-refractivity contribution in [2.75, 3.05) is 31.7 Å². The molecule has 4 rings (SSSR count). The molecule has 0 heterocycles. The molecule has 0 aliphatic rings. The van der Waals surface area contributed by atoms with E-state index in [1.54, 1.807) is 42.5 Å². The number of hydrogen-bond acceptors (Lipinski definition) is 7. The van der Waals surface area contributed by atoms with Gasteiger partial charge in [-0.05, 0) is 79.9 Å². The minimum absolute atomic E-state index is 0.103. The predicted octanol–water partition coefficient (Wildman–Crippen LogP) is 7.16. The number of rotatable bonds is 17. The summed E-state index contributed by atoms with van der Waals surface area (Å²) in [5.74, 6) is 0.0308. The first-order chi connectivity index (χ1) is 24.4. The average Bonchev–Trinajstić information content (AvgIpc) is 3.13. The second-order valence-electron chi connectivity index (χ2n) is 11.7. The molecule has 1 N–H and O–H groups in total. The van der Waals surface area contributed by atoms with Gasteiger partial charge in [-0.25, -0.2) is 8.42 Å². The number of methoxy groups -OCH3 is 2. The second kappa shape index (κ2) is 18.2. The number of nitrogens with one attached hydrogen (secondary N) is 1. The number of benzene rings is 4. The van der Waals surface area contributed by atoms with Crippen LogP contribution in [0.2, 0.25) is 10.0 Å². The zero-order valence-electron chi connectivity index (χ0n) is 29.3. The van der Waals surface area contributed by atoms with E-state index in [0.29, 0.717) is 40.1 Å². The standard InChI is InChI=1S/C38H43Cl2N3O7S/c1-6-26(3)41-38(45)34(21-27-11-9-8-10-12-27)42(24-28-13-14-29(39)22-33(28)40)37(44)25-43(30-15-17-31(18-16-30)50-7-2)51(46,47)32-19-20-35(48-4)36(23-32)49-5/h8-20,22-23,26,34H,6-7,21,24-25H2,1-5H3,(H,41,45)/t26-,34-/m1/s1. The van der Waals surface area contributed by atoms with Crippen LogP contribution in [0.5, 0.6) is 17.2 Å². The summed E-state index contributed by atoms with van der Waals surface area (Å²) >= 11 is 12.8. The highest BCUT2D eigenvalue weighted by Crippen LogP contribution is 2.33. The molecule has 0 saturated heterocycles. The summed E-state index contributed by atoms with van der Waals surface area (Å²) in [7, 11) is -1.57. The molecular weight excluding hydrogens is 713 g/mol. The average molecular weight is 757 g/mol. The molecule has 4 aromatic carbocycles. The van der Waals surface area contributed by atoms with Crippen LogP contribution in [0.3, 0.4) is 0 Å². The van der Waals surface area contributed by atoms with Gasteiger partial charge in [0.25, 0.3) is 10.0 Å². The highest BCUT2D eigenvalue weighted by Gasteiger charge is 2.35. The van der Waals surface area contributed by atoms with Crippen molar-refractivity contribution in [3.05, 3.63) is 112 Å². The van der Waals surface area contributed by atoms with Crippen molar-refractivity contribution < 1.29 is 32.2 Å². The van der Waals surface area contributed by atoms with Crippen LogP contribution in [0.25, 0.3) is 0 Å². The van der Waals surface area contributed by atoms with E-state index in [4.69, 9.17) is 37.4 Å². The minimum atomic E-state index is -4.41. The summed E-state index contributed by atoms with van der Waals surface area (Å²) in [6.45, 7) is 5.32. The van der Waals surface area contributed by atoms with Gasteiger partial charge in [0, 0.05) is 35.1 Å². The molecule has 10 nitrogen and oxygen atoms in total. The Kier molecular flexibility index (Phi) is 14.0. The summed E-state index contributed by atoms with van der Waals surface area (Å²) in [5, 5.41) is 3.72. The highest BCUT2D eigenvalue weighted by atomic mass is 35.5. The van der Waals surface area contributed by atoms with Crippen molar-refractivity contribution in [2.45, 2.75) is 57.1 Å². The van der Waals surface area contributed by atoms with E-state index >= 15 is 0 Å². The van der Waals surface area contributed by atoms with Crippen molar-refractivity contribution in [2.24, 2.45) is 0 Å². The Bertz CT molecular complexity index is 1890. The van der Waals surface area contributed by atoms with E-state index in [1.165, 1.54) is 37.3 Å². The number of nitrogens with zero attached hydrogens (tertiary/aromatic N) is 2. The van der Waals surface area contributed by atoms with Crippen LogP contribution in [-0.4, -0.2) is 64.6 Å². The summed E-state index contributed by atoms with van der Waals surface area (Å²) in [6, 6.07) is 23.6. The zero-order chi connectivity index (χ0) is 37.1. The first-order valence-electron chi connectivity index (χ1n) is 16.5. The van der Waals surface area contributed by atoms with Crippen molar-refractivity contribution in [1.82, 2.24) is 10.2 Å². The van der Waals surface area contributed by atoms with Crippen molar-refractivity contribution in [1.29, 1.82) is 0 Å². The molecule has 0 bridgehead atoms. The van der Waals surface area contributed by atoms with Crippen LogP contribution in [0.1, 0.15) is 38.3 Å². The minimum Gasteiger partial charge on any atom is -0.494 e. The molecule has 13 heteroatoms. The quantitative estimate of drug-likeness (QED) is 0.122. The fourth-order valence-electron chi connectivity index (χ4n) is 5.34. The monoisotopic (exact) mass is 755 g/mol. The van der Waals surface area contributed by atoms with Crippen LogP contribution >= 0.6 is 23.2 Å². The van der Waals surface area contributed by atoms with Crippen LogP contribution in [0, 0.1) is 0 Å². The van der Waals surface area contributed by atoms with Gasteiger partial charge >= 0.3 is 0 Å². The Morgan fingerprint density at radius 1 is 0.863 bits per heavy atom. The van der Waals surface area contributed by atoms with E-state index in [9.17, 15) is 18.0 Å². The van der Waals surface area contributed by atoms with Gasteiger partial charge in [0.1, 0.15) is 18.3 Å². The Labute approximate surface area is 310 Å². The maximum atomic E-state index is 14.8. The number of anilines is 1. The lowest BCUT2D eigenvalue weighted by atomic mass is 10.0. The third-order valence-corrected chi connectivity index (χ3v) is 10.6. The van der Waals surface area contributed by atoms with Crippen molar-refractivity contribution in [3.8, 4) is 17.2 Å². The zero-order valence-corrected chi connectivity index (χ0v) is 31.6. The molecule has 2 amide bonds. The lowest BCUT2D eigenvalue weighted by Crippen LogP contribution is -2.54. The molecule has 0 aromatic heterocycles. The summed E-state index contributed by atoms with van der Waals surface area (Å²) in [5.41, 5.74) is 1.54. The first-order valence-corrected chi connectivity index (χ1v) is 18.7. The van der Waals surface area contributed by atoms with Crippen molar-refractivity contribution in [3.63, 3.8) is 0 Å². The second-order valence-corrected chi connectivity index (χ2v) is 14.4. The number of carbonyl (C=O) groups excluding carboxylic acids is 2. The molecule has 0 fully saturated rings. The highest BCUT2D eigenvalue weighted by molar-refractivity contribution is 7.92. The van der Waals surface area contributed by atoms with Crippen LogP contribution in [-0.2, 0) is 32.6 Å². The molecule has 2 atom stereocenters. The molecule has 51 heavy (non-hydrogen) atoms. The molecule has 0 spiro atoms. The number of sulfonamides is 1. The van der Waals surface area contributed by atoms with Gasteiger partial charge in [-0.15, -0.1) is 0 Å². The number of hydrogen-bond donors (Lipinski definition) is 1. The van der Waals surface area contributed by atoms with Gasteiger partial charge in [-0.3, -0.25) is 13.9 Å². The van der Waals surface area contributed by atoms with Gasteiger partial charge in [0.2, 0.25) is 11.8 Å². The summed E-state index contributed by atoms with van der Waals surface area (Å²) in [6.07, 6.45) is 0.821. The number of halogens is 2. The number of amides is 2. The maximum Gasteiger partial charge on any atom is 0.264 e. The molecule has 0 aliphatic heterocycles. The molecule has 0 aliphatic carbocycles. The molecule has 0 saturated carbocycles. The molecule has 0 unspecified atom stereocenters. The molecule has 272 valence electrons. The smallest absolute Gasteiger partial charge is 0.264 e. The van der Waals surface area contributed by atoms with Crippen molar-refractivity contribution >= 4 is 50.7 Å². The Morgan fingerprint density at radius 2 is 1.55 bits per heavy atom. The molecule has 4 aromatic rings. The maximum absolute atomic E-state index is 14.8. The third-order valence-electron chi connectivity index (χ3n) is 8.29. The van der Waals surface area contributed by atoms with E-state index in [-0.39, 0.29) is 41.2 Å². The van der Waals surface area contributed by atoms with Gasteiger partial charge in [-0.2, -0.15) is 0 Å². The molecule has 0 radical (unpaired) electrons. The number of ether oxygens (including phenoxy) is 3. The van der Waals surface area contributed by atoms with E-state index in [1.807, 2.05) is 51.1 Å². The van der Waals surface area contributed by atoms with Crippen LogP contribution < -0.4 is 23.8 Å². The Hall–Kier alpha value is -4.45. The van der Waals surface area contributed by atoms with Gasteiger partial charge in [-0.1, -0.05) is 66.5 Å². The fraction of sp³-hybridized carbons (Fsp3) is 0.316. The fourth-order valence-corrected chi connectivity index (χ4v) is 7.24. The topological polar surface area (TPSA) is 114 Å². The summed E-state index contributed by atoms with van der Waals surface area (Å²) < 4.78 is 46.3. The van der Waals surface area contributed by atoms with Crippen LogP contribution in [0.4, 0.5) is 5.69 Å². The SMILES string of the molecule is CCOc1ccc(N(CC(=O)N(Cc2ccc(Cl)cc2Cl)[C@H](Cc2ccccc2)C(=O)N[C@H](C)CC)S(=O)(=O)c2ccc(OC)c(OC)c2)cc1. The van der Waals surface area contributed by atoms with Gasteiger partial charge in [0.05, 0.1) is 31.4 Å². The normalized spacial score (nSPS) is 12.4. The third kappa shape index (κ3) is 10.1. The van der Waals surface area contributed by atoms with Gasteiger partial charge in [0.15, 0.2) is 11.5 Å². The lowest BCUT2D eigenvalue weighted by molar-refractivity contribution is -0.140. The first kappa shape index (κ1) is 39.3. The Balaban J connectivity index is 1.86. The lowest BCUT2D eigenvalue weighted by Gasteiger charge is -2.34. The Morgan fingerprint density at radius 3 is 2.16 bits per heavy atom. The summed E-state index contributed by atoms with van der Waals surface area (Å²) in [4.78, 5) is 30.1. The van der Waals surface area contributed by atoms with E-state index in [0.717, 1.165) is 9.87 Å². The van der Waals surface area contributed by atoms with E-state index in [2.05, 4.69) is 5.32 Å². The van der Waals surface area contributed by atoms with E-state index < -0.39 is 28.5 Å². The van der Waals surface area contributed by atoms with Gasteiger partial charge < -0.3 is 24.4 Å².